The molecule has 0 saturated heterocycles. The van der Waals surface area contributed by atoms with E-state index >= 15 is 0 Å². The number of hydrogen-bond donors (Lipinski definition) is 3. The first-order chi connectivity index (χ1) is 7.59. The molecule has 1 amide bonds. The third kappa shape index (κ3) is 4.49. The molecule has 0 bridgehead atoms. The van der Waals surface area contributed by atoms with Gasteiger partial charge >= 0.3 is 0 Å². The lowest BCUT2D eigenvalue weighted by molar-refractivity contribution is -0.122. The van der Waals surface area contributed by atoms with E-state index in [1.165, 1.54) is 0 Å². The Morgan fingerprint density at radius 1 is 1.44 bits per heavy atom. The molecule has 0 aliphatic carbocycles. The Morgan fingerprint density at radius 3 is 2.75 bits per heavy atom. The molecule has 1 aromatic heterocycles. The summed E-state index contributed by atoms with van der Waals surface area (Å²) in [6.07, 6.45) is 3.80. The van der Waals surface area contributed by atoms with E-state index in [1.54, 1.807) is 0 Å². The van der Waals surface area contributed by atoms with E-state index in [-0.39, 0.29) is 11.9 Å². The number of rotatable bonds is 6. The van der Waals surface area contributed by atoms with E-state index in [2.05, 4.69) is 29.5 Å². The van der Waals surface area contributed by atoms with Gasteiger partial charge in [-0.3, -0.25) is 4.79 Å². The van der Waals surface area contributed by atoms with Crippen molar-refractivity contribution in [2.45, 2.75) is 33.4 Å². The van der Waals surface area contributed by atoms with Crippen molar-refractivity contribution >= 4 is 5.91 Å². The van der Waals surface area contributed by atoms with Crippen LogP contribution in [0.4, 0.5) is 0 Å². The minimum atomic E-state index is -0.159. The number of hydrogen-bond acceptors (Lipinski definition) is 2. The molecule has 4 heteroatoms. The second-order valence-electron chi connectivity index (χ2n) is 4.46. The standard InChI is InChI=1S/C12H21N3O/c1-9(2)6-15-12(16)10(3)14-8-11-4-5-13-7-11/h4-5,7,9-10,13-14H,6,8H2,1-3H3,(H,15,16). The molecule has 0 aromatic carbocycles. The molecule has 1 unspecified atom stereocenters. The van der Waals surface area contributed by atoms with Gasteiger partial charge in [0.2, 0.25) is 5.91 Å². The van der Waals surface area contributed by atoms with Gasteiger partial charge in [-0.25, -0.2) is 0 Å². The van der Waals surface area contributed by atoms with E-state index in [1.807, 2.05) is 25.4 Å². The minimum absolute atomic E-state index is 0.0595. The Balaban J connectivity index is 2.23. The van der Waals surface area contributed by atoms with Gasteiger partial charge in [-0.1, -0.05) is 13.8 Å². The Hall–Kier alpha value is -1.29. The van der Waals surface area contributed by atoms with Gasteiger partial charge < -0.3 is 15.6 Å². The van der Waals surface area contributed by atoms with Crippen LogP contribution in [0.25, 0.3) is 0 Å². The van der Waals surface area contributed by atoms with Crippen LogP contribution in [0.5, 0.6) is 0 Å². The van der Waals surface area contributed by atoms with Crippen molar-refractivity contribution in [3.63, 3.8) is 0 Å². The Morgan fingerprint density at radius 2 is 2.19 bits per heavy atom. The predicted octanol–water partition coefficient (Wildman–Crippen LogP) is 1.26. The number of aromatic nitrogens is 1. The lowest BCUT2D eigenvalue weighted by Gasteiger charge is -2.14. The van der Waals surface area contributed by atoms with Crippen LogP contribution in [0.1, 0.15) is 26.3 Å². The van der Waals surface area contributed by atoms with E-state index < -0.39 is 0 Å². The van der Waals surface area contributed by atoms with E-state index in [9.17, 15) is 4.79 Å². The zero-order chi connectivity index (χ0) is 12.0. The van der Waals surface area contributed by atoms with Crippen molar-refractivity contribution in [3.8, 4) is 0 Å². The molecule has 1 atom stereocenters. The lowest BCUT2D eigenvalue weighted by atomic mass is 10.2. The molecule has 1 rings (SSSR count). The molecule has 1 aromatic rings. The number of aromatic amines is 1. The van der Waals surface area contributed by atoms with Crippen LogP contribution in [0.15, 0.2) is 18.5 Å². The van der Waals surface area contributed by atoms with Crippen LogP contribution >= 0.6 is 0 Å². The summed E-state index contributed by atoms with van der Waals surface area (Å²) in [5, 5.41) is 6.08. The maximum atomic E-state index is 11.6. The van der Waals surface area contributed by atoms with Crippen LogP contribution in [-0.4, -0.2) is 23.5 Å². The highest BCUT2D eigenvalue weighted by atomic mass is 16.2. The average molecular weight is 223 g/mol. The van der Waals surface area contributed by atoms with Crippen LogP contribution in [-0.2, 0) is 11.3 Å². The fourth-order valence-corrected chi connectivity index (χ4v) is 1.29. The highest BCUT2D eigenvalue weighted by molar-refractivity contribution is 5.81. The molecule has 0 radical (unpaired) electrons. The van der Waals surface area contributed by atoms with Gasteiger partial charge in [0.1, 0.15) is 0 Å². The molecule has 4 nitrogen and oxygen atoms in total. The van der Waals surface area contributed by atoms with Gasteiger partial charge in [0.15, 0.2) is 0 Å². The number of carbonyl (C=O) groups is 1. The first kappa shape index (κ1) is 12.8. The summed E-state index contributed by atoms with van der Waals surface area (Å²) in [4.78, 5) is 14.6. The van der Waals surface area contributed by atoms with Crippen molar-refractivity contribution < 1.29 is 4.79 Å². The van der Waals surface area contributed by atoms with Crippen LogP contribution < -0.4 is 10.6 Å². The van der Waals surface area contributed by atoms with E-state index in [0.717, 1.165) is 12.1 Å². The summed E-state index contributed by atoms with van der Waals surface area (Å²) >= 11 is 0. The predicted molar refractivity (Wildman–Crippen MR) is 64.9 cm³/mol. The number of nitrogens with one attached hydrogen (secondary N) is 3. The van der Waals surface area contributed by atoms with Gasteiger partial charge in [0.05, 0.1) is 6.04 Å². The molecule has 3 N–H and O–H groups in total. The maximum Gasteiger partial charge on any atom is 0.236 e. The summed E-state index contributed by atoms with van der Waals surface area (Å²) in [6.45, 7) is 7.48. The monoisotopic (exact) mass is 223 g/mol. The molecule has 0 fully saturated rings. The quantitative estimate of drug-likeness (QED) is 0.680. The second-order valence-corrected chi connectivity index (χ2v) is 4.46. The third-order valence-corrected chi connectivity index (χ3v) is 2.35. The number of H-pyrrole nitrogens is 1. The molecule has 16 heavy (non-hydrogen) atoms. The van der Waals surface area contributed by atoms with Gasteiger partial charge in [0, 0.05) is 25.5 Å². The molecule has 1 heterocycles. The second kappa shape index (κ2) is 6.33. The third-order valence-electron chi connectivity index (χ3n) is 2.35. The zero-order valence-corrected chi connectivity index (χ0v) is 10.2. The van der Waals surface area contributed by atoms with E-state index in [0.29, 0.717) is 12.5 Å². The molecule has 0 aliphatic rings. The summed E-state index contributed by atoms with van der Waals surface area (Å²) in [6, 6.07) is 1.83. The Labute approximate surface area is 96.8 Å². The maximum absolute atomic E-state index is 11.6. The first-order valence-corrected chi connectivity index (χ1v) is 5.72. The van der Waals surface area contributed by atoms with Crippen molar-refractivity contribution in [1.29, 1.82) is 0 Å². The van der Waals surface area contributed by atoms with Gasteiger partial charge in [0.25, 0.3) is 0 Å². The first-order valence-electron chi connectivity index (χ1n) is 5.72. The largest absolute Gasteiger partial charge is 0.367 e. The molecule has 0 spiro atoms. The topological polar surface area (TPSA) is 56.9 Å². The molecule has 90 valence electrons. The fourth-order valence-electron chi connectivity index (χ4n) is 1.29. The van der Waals surface area contributed by atoms with Gasteiger partial charge in [-0.15, -0.1) is 0 Å². The highest BCUT2D eigenvalue weighted by Crippen LogP contribution is 1.96. The summed E-state index contributed by atoms with van der Waals surface area (Å²) in [7, 11) is 0. The molecular formula is C12H21N3O. The van der Waals surface area contributed by atoms with Crippen molar-refractivity contribution in [2.24, 2.45) is 5.92 Å². The highest BCUT2D eigenvalue weighted by Gasteiger charge is 2.11. The smallest absolute Gasteiger partial charge is 0.236 e. The van der Waals surface area contributed by atoms with Gasteiger partial charge in [-0.2, -0.15) is 0 Å². The number of carbonyl (C=O) groups excluding carboxylic acids is 1. The lowest BCUT2D eigenvalue weighted by Crippen LogP contribution is -2.42. The van der Waals surface area contributed by atoms with Crippen LogP contribution in [0.2, 0.25) is 0 Å². The van der Waals surface area contributed by atoms with E-state index in [4.69, 9.17) is 0 Å². The van der Waals surface area contributed by atoms with Crippen LogP contribution in [0.3, 0.4) is 0 Å². The zero-order valence-electron chi connectivity index (χ0n) is 10.2. The van der Waals surface area contributed by atoms with Crippen molar-refractivity contribution in [2.75, 3.05) is 6.54 Å². The minimum Gasteiger partial charge on any atom is -0.367 e. The summed E-state index contributed by atoms with van der Waals surface area (Å²) in [5.74, 6) is 0.546. The molecular weight excluding hydrogens is 202 g/mol. The van der Waals surface area contributed by atoms with Crippen molar-refractivity contribution in [3.05, 3.63) is 24.0 Å². The normalized spacial score (nSPS) is 12.8. The number of amides is 1. The Bertz CT molecular complexity index is 306. The summed E-state index contributed by atoms with van der Waals surface area (Å²) < 4.78 is 0. The Kier molecular flexibility index (Phi) is 5.05. The van der Waals surface area contributed by atoms with Gasteiger partial charge in [-0.05, 0) is 24.5 Å². The fraction of sp³-hybridized carbons (Fsp3) is 0.583. The summed E-state index contributed by atoms with van der Waals surface area (Å²) in [5.41, 5.74) is 1.16. The van der Waals surface area contributed by atoms with Crippen molar-refractivity contribution in [1.82, 2.24) is 15.6 Å². The van der Waals surface area contributed by atoms with Crippen LogP contribution in [0, 0.1) is 5.92 Å². The SMILES string of the molecule is CC(C)CNC(=O)C(C)NCc1cc[nH]c1. The average Bonchev–Trinajstić information content (AvgIpc) is 2.75. The molecule has 0 saturated carbocycles. The molecule has 0 aliphatic heterocycles.